The van der Waals surface area contributed by atoms with Crippen LogP contribution in [0.5, 0.6) is 0 Å². The Morgan fingerprint density at radius 2 is 2.05 bits per heavy atom. The van der Waals surface area contributed by atoms with E-state index in [1.54, 1.807) is 12.1 Å². The number of nitrogens with one attached hydrogen (secondary N) is 1. The Hall–Kier alpha value is -2.11. The Bertz CT molecular complexity index is 565. The van der Waals surface area contributed by atoms with E-state index in [1.807, 2.05) is 30.3 Å². The lowest BCUT2D eigenvalue weighted by molar-refractivity contribution is 0.0562. The number of rotatable bonds is 7. The molecular weight excluding hydrogens is 270 g/mol. The zero-order valence-corrected chi connectivity index (χ0v) is 11.9. The minimum Gasteiger partial charge on any atom is -0.463 e. The van der Waals surface area contributed by atoms with Gasteiger partial charge in [-0.25, -0.2) is 4.79 Å². The van der Waals surface area contributed by atoms with Gasteiger partial charge in [0.05, 0.1) is 20.3 Å². The smallest absolute Gasteiger partial charge is 0.373 e. The number of benzene rings is 1. The molecule has 0 bridgehead atoms. The summed E-state index contributed by atoms with van der Waals surface area (Å²) in [6, 6.07) is 13.2. The van der Waals surface area contributed by atoms with Gasteiger partial charge in [0.25, 0.3) is 0 Å². The van der Waals surface area contributed by atoms with E-state index in [9.17, 15) is 9.90 Å². The maximum Gasteiger partial charge on any atom is 0.373 e. The minimum absolute atomic E-state index is 0.0272. The third kappa shape index (κ3) is 4.44. The molecule has 2 aromatic rings. The molecule has 1 heterocycles. The molecule has 0 spiro atoms. The first kappa shape index (κ1) is 15.3. The predicted octanol–water partition coefficient (Wildman–Crippen LogP) is 1.76. The van der Waals surface area contributed by atoms with Crippen molar-refractivity contribution < 1.29 is 19.1 Å². The molecule has 0 saturated heterocycles. The third-order valence-electron chi connectivity index (χ3n) is 3.16. The van der Waals surface area contributed by atoms with Crippen LogP contribution in [0.2, 0.25) is 0 Å². The van der Waals surface area contributed by atoms with Gasteiger partial charge >= 0.3 is 5.97 Å². The summed E-state index contributed by atoms with van der Waals surface area (Å²) in [6.45, 7) is 0.467. The van der Waals surface area contributed by atoms with Crippen molar-refractivity contribution in [3.8, 4) is 0 Å². The summed E-state index contributed by atoms with van der Waals surface area (Å²) in [5.74, 6) is 0.309. The molecule has 0 saturated carbocycles. The van der Waals surface area contributed by atoms with Crippen molar-refractivity contribution in [1.29, 1.82) is 0 Å². The van der Waals surface area contributed by atoms with Crippen molar-refractivity contribution >= 4 is 5.97 Å². The fraction of sp³-hybridized carbons (Fsp3) is 0.312. The second kappa shape index (κ2) is 7.61. The first-order valence-corrected chi connectivity index (χ1v) is 6.78. The van der Waals surface area contributed by atoms with Crippen molar-refractivity contribution in [2.45, 2.75) is 19.0 Å². The Morgan fingerprint density at radius 3 is 2.71 bits per heavy atom. The van der Waals surface area contributed by atoms with Gasteiger partial charge in [-0.1, -0.05) is 30.3 Å². The standard InChI is InChI=1S/C16H19NO4/c1-20-16(19)15-8-7-14(21-15)10-17-13(11-18)9-12-5-3-2-4-6-12/h2-8,13,17-18H,9-11H2,1H3. The van der Waals surface area contributed by atoms with Crippen molar-refractivity contribution in [3.05, 3.63) is 59.5 Å². The Labute approximate surface area is 123 Å². The van der Waals surface area contributed by atoms with Gasteiger partial charge in [-0.05, 0) is 24.1 Å². The number of ether oxygens (including phenoxy) is 1. The number of aliphatic hydroxyl groups is 1. The molecule has 0 aliphatic heterocycles. The van der Waals surface area contributed by atoms with Gasteiger partial charge in [0.15, 0.2) is 0 Å². The fourth-order valence-corrected chi connectivity index (χ4v) is 2.03. The second-order valence-electron chi connectivity index (χ2n) is 4.71. The van der Waals surface area contributed by atoms with Crippen LogP contribution in [0, 0.1) is 0 Å². The van der Waals surface area contributed by atoms with E-state index in [1.165, 1.54) is 7.11 Å². The van der Waals surface area contributed by atoms with E-state index in [0.29, 0.717) is 12.3 Å². The van der Waals surface area contributed by atoms with E-state index in [2.05, 4.69) is 10.1 Å². The van der Waals surface area contributed by atoms with Crippen LogP contribution in [-0.2, 0) is 17.7 Å². The van der Waals surface area contributed by atoms with Gasteiger partial charge in [-0.3, -0.25) is 0 Å². The lowest BCUT2D eigenvalue weighted by Gasteiger charge is -2.15. The largest absolute Gasteiger partial charge is 0.463 e. The maximum atomic E-state index is 11.3. The highest BCUT2D eigenvalue weighted by Gasteiger charge is 2.13. The summed E-state index contributed by atoms with van der Waals surface area (Å²) in [4.78, 5) is 11.3. The Morgan fingerprint density at radius 1 is 1.29 bits per heavy atom. The second-order valence-corrected chi connectivity index (χ2v) is 4.71. The zero-order chi connectivity index (χ0) is 15.1. The van der Waals surface area contributed by atoms with Gasteiger partial charge in [-0.2, -0.15) is 0 Å². The van der Waals surface area contributed by atoms with Crippen molar-refractivity contribution in [3.63, 3.8) is 0 Å². The molecule has 2 rings (SSSR count). The fourth-order valence-electron chi connectivity index (χ4n) is 2.03. The monoisotopic (exact) mass is 289 g/mol. The molecule has 1 aromatic carbocycles. The highest BCUT2D eigenvalue weighted by atomic mass is 16.5. The summed E-state index contributed by atoms with van der Waals surface area (Å²) in [5, 5.41) is 12.6. The van der Waals surface area contributed by atoms with Crippen LogP contribution in [0.4, 0.5) is 0 Å². The lowest BCUT2D eigenvalue weighted by Crippen LogP contribution is -2.33. The van der Waals surface area contributed by atoms with Gasteiger partial charge in [-0.15, -0.1) is 0 Å². The van der Waals surface area contributed by atoms with Crippen LogP contribution in [0.15, 0.2) is 46.9 Å². The van der Waals surface area contributed by atoms with Crippen LogP contribution in [0.25, 0.3) is 0 Å². The number of carbonyl (C=O) groups excluding carboxylic acids is 1. The number of carbonyl (C=O) groups is 1. The molecule has 1 unspecified atom stereocenters. The van der Waals surface area contributed by atoms with E-state index in [-0.39, 0.29) is 18.4 Å². The average molecular weight is 289 g/mol. The van der Waals surface area contributed by atoms with E-state index >= 15 is 0 Å². The van der Waals surface area contributed by atoms with Gasteiger partial charge in [0.2, 0.25) is 5.76 Å². The number of methoxy groups -OCH3 is 1. The number of furan rings is 1. The van der Waals surface area contributed by atoms with Gasteiger partial charge < -0.3 is 19.6 Å². The van der Waals surface area contributed by atoms with E-state index in [4.69, 9.17) is 4.42 Å². The third-order valence-corrected chi connectivity index (χ3v) is 3.16. The number of hydrogen-bond acceptors (Lipinski definition) is 5. The highest BCUT2D eigenvalue weighted by molar-refractivity contribution is 5.86. The summed E-state index contributed by atoms with van der Waals surface area (Å²) in [6.07, 6.45) is 0.724. The summed E-state index contributed by atoms with van der Waals surface area (Å²) >= 11 is 0. The van der Waals surface area contributed by atoms with Gasteiger partial charge in [0, 0.05) is 6.04 Å². The first-order chi connectivity index (χ1) is 10.2. The molecular formula is C16H19NO4. The number of hydrogen-bond donors (Lipinski definition) is 2. The van der Waals surface area contributed by atoms with Crippen molar-refractivity contribution in [1.82, 2.24) is 5.32 Å². The van der Waals surface area contributed by atoms with Crippen LogP contribution in [0.3, 0.4) is 0 Å². The van der Waals surface area contributed by atoms with Crippen LogP contribution in [-0.4, -0.2) is 30.8 Å². The highest BCUT2D eigenvalue weighted by Crippen LogP contribution is 2.10. The zero-order valence-electron chi connectivity index (χ0n) is 11.9. The van der Waals surface area contributed by atoms with E-state index < -0.39 is 5.97 Å². The Kier molecular flexibility index (Phi) is 5.54. The normalized spacial score (nSPS) is 12.1. The summed E-state index contributed by atoms with van der Waals surface area (Å²) in [7, 11) is 1.31. The van der Waals surface area contributed by atoms with Crippen LogP contribution in [0.1, 0.15) is 21.9 Å². The van der Waals surface area contributed by atoms with E-state index in [0.717, 1.165) is 12.0 Å². The SMILES string of the molecule is COC(=O)c1ccc(CNC(CO)Cc2ccccc2)o1. The average Bonchev–Trinajstić information content (AvgIpc) is 3.00. The van der Waals surface area contributed by atoms with Crippen molar-refractivity contribution in [2.24, 2.45) is 0 Å². The molecule has 0 aliphatic carbocycles. The van der Waals surface area contributed by atoms with Crippen molar-refractivity contribution in [2.75, 3.05) is 13.7 Å². The number of aliphatic hydroxyl groups excluding tert-OH is 1. The number of esters is 1. The molecule has 112 valence electrons. The molecule has 2 N–H and O–H groups in total. The van der Waals surface area contributed by atoms with Gasteiger partial charge in [0.1, 0.15) is 5.76 Å². The molecule has 5 nitrogen and oxygen atoms in total. The quantitative estimate of drug-likeness (QED) is 0.760. The Balaban J connectivity index is 1.88. The summed E-state index contributed by atoms with van der Waals surface area (Å²) in [5.41, 5.74) is 1.15. The topological polar surface area (TPSA) is 71.7 Å². The van der Waals surface area contributed by atoms with Crippen LogP contribution < -0.4 is 5.32 Å². The maximum absolute atomic E-state index is 11.3. The summed E-state index contributed by atoms with van der Waals surface area (Å²) < 4.78 is 9.95. The molecule has 5 heteroatoms. The lowest BCUT2D eigenvalue weighted by atomic mass is 10.1. The molecule has 21 heavy (non-hydrogen) atoms. The molecule has 0 radical (unpaired) electrons. The molecule has 1 aromatic heterocycles. The predicted molar refractivity (Wildman–Crippen MR) is 77.9 cm³/mol. The molecule has 0 aliphatic rings. The first-order valence-electron chi connectivity index (χ1n) is 6.78. The molecule has 0 fully saturated rings. The molecule has 0 amide bonds. The van der Waals surface area contributed by atoms with Crippen LogP contribution >= 0.6 is 0 Å². The minimum atomic E-state index is -0.496. The molecule has 1 atom stereocenters.